The number of nitrogens with zero attached hydrogens (tertiary/aromatic N) is 1. The van der Waals surface area contributed by atoms with Gasteiger partial charge in [0.1, 0.15) is 16.5 Å². The Morgan fingerprint density at radius 3 is 2.76 bits per heavy atom. The Morgan fingerprint density at radius 1 is 1.33 bits per heavy atom. The van der Waals surface area contributed by atoms with Crippen molar-refractivity contribution in [2.75, 3.05) is 20.8 Å². The molecule has 6 heteroatoms. The van der Waals surface area contributed by atoms with Crippen molar-refractivity contribution < 1.29 is 14.6 Å². The van der Waals surface area contributed by atoms with Crippen molar-refractivity contribution in [2.45, 2.75) is 19.6 Å². The maximum absolute atomic E-state index is 10.3. The van der Waals surface area contributed by atoms with E-state index in [2.05, 4.69) is 10.3 Å². The van der Waals surface area contributed by atoms with Crippen LogP contribution in [0.25, 0.3) is 0 Å². The molecule has 2 aromatic rings. The zero-order chi connectivity index (χ0) is 15.2. The van der Waals surface area contributed by atoms with Gasteiger partial charge in [0.05, 0.1) is 20.3 Å². The maximum atomic E-state index is 10.3. The molecule has 0 bridgehead atoms. The SMILES string of the molecule is COc1ccc(OC)c(C(O)CNCc2nc(C)cs2)c1. The lowest BCUT2D eigenvalue weighted by molar-refractivity contribution is 0.169. The van der Waals surface area contributed by atoms with Crippen molar-refractivity contribution in [1.82, 2.24) is 10.3 Å². The first-order valence-electron chi connectivity index (χ1n) is 6.65. The fourth-order valence-corrected chi connectivity index (χ4v) is 2.75. The summed E-state index contributed by atoms with van der Waals surface area (Å²) in [4.78, 5) is 4.37. The minimum atomic E-state index is -0.670. The highest BCUT2D eigenvalue weighted by atomic mass is 32.1. The molecule has 0 radical (unpaired) electrons. The maximum Gasteiger partial charge on any atom is 0.124 e. The van der Waals surface area contributed by atoms with Crippen LogP contribution in [0.15, 0.2) is 23.6 Å². The minimum absolute atomic E-state index is 0.419. The van der Waals surface area contributed by atoms with E-state index in [4.69, 9.17) is 9.47 Å². The van der Waals surface area contributed by atoms with E-state index in [-0.39, 0.29) is 0 Å². The smallest absolute Gasteiger partial charge is 0.124 e. The van der Waals surface area contributed by atoms with E-state index in [0.717, 1.165) is 10.7 Å². The van der Waals surface area contributed by atoms with E-state index >= 15 is 0 Å². The van der Waals surface area contributed by atoms with E-state index in [1.54, 1.807) is 43.8 Å². The van der Waals surface area contributed by atoms with Crippen molar-refractivity contribution >= 4 is 11.3 Å². The van der Waals surface area contributed by atoms with Crippen molar-refractivity contribution in [1.29, 1.82) is 0 Å². The van der Waals surface area contributed by atoms with Gasteiger partial charge in [0, 0.05) is 29.7 Å². The lowest BCUT2D eigenvalue weighted by Crippen LogP contribution is -2.21. The average Bonchev–Trinajstić information content (AvgIpc) is 2.91. The standard InChI is InChI=1S/C15H20N2O3S/c1-10-9-21-15(17-10)8-16-7-13(18)12-6-11(19-2)4-5-14(12)20-3/h4-6,9,13,16,18H,7-8H2,1-3H3. The Bertz CT molecular complexity index is 586. The summed E-state index contributed by atoms with van der Waals surface area (Å²) < 4.78 is 10.5. The number of rotatable bonds is 7. The Balaban J connectivity index is 1.97. The van der Waals surface area contributed by atoms with Gasteiger partial charge in [-0.25, -0.2) is 4.98 Å². The summed E-state index contributed by atoms with van der Waals surface area (Å²) in [5, 5.41) is 16.5. The zero-order valence-corrected chi connectivity index (χ0v) is 13.2. The van der Waals surface area contributed by atoms with Crippen LogP contribution in [0.5, 0.6) is 11.5 Å². The summed E-state index contributed by atoms with van der Waals surface area (Å²) in [6.45, 7) is 3.03. The molecule has 114 valence electrons. The Hall–Kier alpha value is -1.63. The number of thiazole rings is 1. The Morgan fingerprint density at radius 2 is 2.14 bits per heavy atom. The predicted octanol–water partition coefficient (Wildman–Crippen LogP) is 2.29. The molecule has 1 heterocycles. The highest BCUT2D eigenvalue weighted by molar-refractivity contribution is 7.09. The first-order valence-corrected chi connectivity index (χ1v) is 7.53. The number of aromatic nitrogens is 1. The van der Waals surface area contributed by atoms with Gasteiger partial charge in [-0.1, -0.05) is 0 Å². The predicted molar refractivity (Wildman–Crippen MR) is 83.1 cm³/mol. The second kappa shape index (κ2) is 7.40. The summed E-state index contributed by atoms with van der Waals surface area (Å²) in [7, 11) is 3.19. The normalized spacial score (nSPS) is 12.2. The third-order valence-corrected chi connectivity index (χ3v) is 4.04. The van der Waals surface area contributed by atoms with Crippen molar-refractivity contribution in [3.05, 3.63) is 39.8 Å². The van der Waals surface area contributed by atoms with Crippen molar-refractivity contribution in [3.8, 4) is 11.5 Å². The molecular weight excluding hydrogens is 288 g/mol. The first kappa shape index (κ1) is 15.8. The number of nitrogens with one attached hydrogen (secondary N) is 1. The molecule has 2 N–H and O–H groups in total. The van der Waals surface area contributed by atoms with E-state index in [0.29, 0.717) is 30.2 Å². The summed E-state index contributed by atoms with van der Waals surface area (Å²) in [6.07, 6.45) is -0.670. The quantitative estimate of drug-likeness (QED) is 0.821. The highest BCUT2D eigenvalue weighted by Gasteiger charge is 2.14. The lowest BCUT2D eigenvalue weighted by Gasteiger charge is -2.16. The van der Waals surface area contributed by atoms with Gasteiger partial charge in [0.2, 0.25) is 0 Å². The van der Waals surface area contributed by atoms with Crippen molar-refractivity contribution in [3.63, 3.8) is 0 Å². The Kier molecular flexibility index (Phi) is 5.55. The van der Waals surface area contributed by atoms with Gasteiger partial charge in [-0.15, -0.1) is 11.3 Å². The summed E-state index contributed by atoms with van der Waals surface area (Å²) in [5.41, 5.74) is 1.73. The van der Waals surface area contributed by atoms with Crippen LogP contribution in [-0.4, -0.2) is 30.9 Å². The second-order valence-electron chi connectivity index (χ2n) is 4.64. The molecule has 0 amide bonds. The molecule has 21 heavy (non-hydrogen) atoms. The minimum Gasteiger partial charge on any atom is -0.497 e. The van der Waals surface area contributed by atoms with Crippen LogP contribution < -0.4 is 14.8 Å². The fourth-order valence-electron chi connectivity index (χ4n) is 2.01. The zero-order valence-electron chi connectivity index (χ0n) is 12.4. The van der Waals surface area contributed by atoms with Gasteiger partial charge in [0.15, 0.2) is 0 Å². The van der Waals surface area contributed by atoms with Crippen LogP contribution in [0.3, 0.4) is 0 Å². The number of ether oxygens (including phenoxy) is 2. The number of hydrogen-bond acceptors (Lipinski definition) is 6. The van der Waals surface area contributed by atoms with Crippen LogP contribution in [0.4, 0.5) is 0 Å². The number of aliphatic hydroxyl groups excluding tert-OH is 1. The second-order valence-corrected chi connectivity index (χ2v) is 5.58. The largest absolute Gasteiger partial charge is 0.497 e. The van der Waals surface area contributed by atoms with Gasteiger partial charge >= 0.3 is 0 Å². The van der Waals surface area contributed by atoms with Crippen LogP contribution in [0.2, 0.25) is 0 Å². The molecule has 0 aliphatic heterocycles. The lowest BCUT2D eigenvalue weighted by atomic mass is 10.1. The van der Waals surface area contributed by atoms with Crippen LogP contribution in [0.1, 0.15) is 22.4 Å². The third kappa shape index (κ3) is 4.17. The van der Waals surface area contributed by atoms with E-state index in [1.165, 1.54) is 0 Å². The van der Waals surface area contributed by atoms with E-state index in [9.17, 15) is 5.11 Å². The summed E-state index contributed by atoms with van der Waals surface area (Å²) in [5.74, 6) is 1.34. The molecule has 5 nitrogen and oxygen atoms in total. The average molecular weight is 308 g/mol. The number of aliphatic hydroxyl groups is 1. The van der Waals surface area contributed by atoms with Gasteiger partial charge in [-0.3, -0.25) is 0 Å². The van der Waals surface area contributed by atoms with Gasteiger partial charge < -0.3 is 19.9 Å². The fraction of sp³-hybridized carbons (Fsp3) is 0.400. The van der Waals surface area contributed by atoms with Gasteiger partial charge in [0.25, 0.3) is 0 Å². The number of aryl methyl sites for hydroxylation is 1. The van der Waals surface area contributed by atoms with Crippen LogP contribution >= 0.6 is 11.3 Å². The number of benzene rings is 1. The Labute approximate surface area is 128 Å². The molecule has 0 aliphatic carbocycles. The molecule has 0 saturated heterocycles. The molecular formula is C15H20N2O3S. The molecule has 0 saturated carbocycles. The topological polar surface area (TPSA) is 63.6 Å². The van der Waals surface area contributed by atoms with Gasteiger partial charge in [-0.05, 0) is 25.1 Å². The molecule has 1 atom stereocenters. The monoisotopic (exact) mass is 308 g/mol. The summed E-state index contributed by atoms with van der Waals surface area (Å²) in [6, 6.07) is 5.39. The molecule has 0 spiro atoms. The van der Waals surface area contributed by atoms with Crippen LogP contribution in [0, 0.1) is 6.92 Å². The van der Waals surface area contributed by atoms with E-state index in [1.807, 2.05) is 12.3 Å². The molecule has 1 unspecified atom stereocenters. The highest BCUT2D eigenvalue weighted by Crippen LogP contribution is 2.29. The molecule has 1 aromatic heterocycles. The molecule has 1 aromatic carbocycles. The summed E-state index contributed by atoms with van der Waals surface area (Å²) >= 11 is 1.61. The molecule has 0 aliphatic rings. The molecule has 0 fully saturated rings. The van der Waals surface area contributed by atoms with Crippen molar-refractivity contribution in [2.24, 2.45) is 0 Å². The van der Waals surface area contributed by atoms with E-state index < -0.39 is 6.10 Å². The third-order valence-electron chi connectivity index (χ3n) is 3.08. The molecule has 2 rings (SSSR count). The number of methoxy groups -OCH3 is 2. The van der Waals surface area contributed by atoms with Gasteiger partial charge in [-0.2, -0.15) is 0 Å². The first-order chi connectivity index (χ1) is 10.1. The van der Waals surface area contributed by atoms with Crippen LogP contribution in [-0.2, 0) is 6.54 Å². The number of hydrogen-bond donors (Lipinski definition) is 2.